The van der Waals surface area contributed by atoms with E-state index in [9.17, 15) is 14.3 Å². The van der Waals surface area contributed by atoms with Crippen molar-refractivity contribution >= 4 is 5.91 Å². The number of aliphatic hydroxyl groups is 1. The smallest absolute Gasteiger partial charge is 0.247 e. The van der Waals surface area contributed by atoms with E-state index in [1.54, 1.807) is 0 Å². The first-order valence-electron chi connectivity index (χ1n) is 3.94. The summed E-state index contributed by atoms with van der Waals surface area (Å²) < 4.78 is 12.7. The number of hydrogen-bond acceptors (Lipinski definition) is 2. The van der Waals surface area contributed by atoms with E-state index >= 15 is 0 Å². The Balaban J connectivity index is 2.95. The van der Waals surface area contributed by atoms with E-state index < -0.39 is 17.8 Å². The molecule has 74 valence electrons. The second-order valence-electron chi connectivity index (χ2n) is 2.85. The fourth-order valence-corrected chi connectivity index (χ4v) is 1.01. The van der Waals surface area contributed by atoms with E-state index in [-0.39, 0.29) is 11.1 Å². The van der Waals surface area contributed by atoms with Gasteiger partial charge >= 0.3 is 0 Å². The van der Waals surface area contributed by atoms with Crippen molar-refractivity contribution in [3.05, 3.63) is 47.8 Å². The third-order valence-corrected chi connectivity index (χ3v) is 1.81. The van der Waals surface area contributed by atoms with Crippen LogP contribution in [0, 0.1) is 5.82 Å². The topological polar surface area (TPSA) is 63.3 Å². The summed E-state index contributed by atoms with van der Waals surface area (Å²) in [4.78, 5) is 10.7. The first-order valence-corrected chi connectivity index (χ1v) is 3.94. The highest BCUT2D eigenvalue weighted by atomic mass is 19.1. The number of primary amides is 1. The Kier molecular flexibility index (Phi) is 2.99. The number of carbonyl (C=O) groups excluding carboxylic acids is 1. The van der Waals surface area contributed by atoms with Crippen molar-refractivity contribution in [2.75, 3.05) is 0 Å². The molecule has 1 rings (SSSR count). The van der Waals surface area contributed by atoms with Gasteiger partial charge in [-0.25, -0.2) is 4.39 Å². The molecule has 0 spiro atoms. The zero-order valence-electron chi connectivity index (χ0n) is 7.40. The zero-order valence-corrected chi connectivity index (χ0v) is 7.40. The molecule has 0 bridgehead atoms. The largest absolute Gasteiger partial charge is 0.383 e. The fraction of sp³-hybridized carbons (Fsp3) is 0.100. The Hall–Kier alpha value is -1.68. The summed E-state index contributed by atoms with van der Waals surface area (Å²) in [5.74, 6) is -1.29. The molecule has 1 atom stereocenters. The molecule has 0 saturated heterocycles. The minimum absolute atomic E-state index is 0.157. The average Bonchev–Trinajstić information content (AvgIpc) is 2.15. The number of nitrogens with two attached hydrogens (primary N) is 1. The third-order valence-electron chi connectivity index (χ3n) is 1.81. The van der Waals surface area contributed by atoms with Crippen LogP contribution < -0.4 is 5.73 Å². The first kappa shape index (κ1) is 10.4. The van der Waals surface area contributed by atoms with Crippen LogP contribution in [0.15, 0.2) is 36.4 Å². The standard InChI is InChI=1S/C10H10FNO2/c1-6(10(12)14)9(13)7-3-2-4-8(11)5-7/h2-5,9,13H,1H2,(H2,12,14). The quantitative estimate of drug-likeness (QED) is 0.704. The van der Waals surface area contributed by atoms with Crippen molar-refractivity contribution in [1.29, 1.82) is 0 Å². The van der Waals surface area contributed by atoms with E-state index in [2.05, 4.69) is 6.58 Å². The van der Waals surface area contributed by atoms with Gasteiger partial charge in [-0.1, -0.05) is 18.7 Å². The second kappa shape index (κ2) is 4.02. The maximum atomic E-state index is 12.7. The number of aliphatic hydroxyl groups excluding tert-OH is 1. The predicted molar refractivity (Wildman–Crippen MR) is 49.7 cm³/mol. The summed E-state index contributed by atoms with van der Waals surface area (Å²) in [6, 6.07) is 5.28. The van der Waals surface area contributed by atoms with Gasteiger partial charge in [-0.2, -0.15) is 0 Å². The molecule has 0 aliphatic heterocycles. The van der Waals surface area contributed by atoms with Crippen LogP contribution in [0.4, 0.5) is 4.39 Å². The van der Waals surface area contributed by atoms with Gasteiger partial charge in [0.05, 0.1) is 0 Å². The summed E-state index contributed by atoms with van der Waals surface area (Å²) in [6.07, 6.45) is -1.25. The third kappa shape index (κ3) is 2.17. The molecule has 1 aromatic carbocycles. The van der Waals surface area contributed by atoms with Crippen LogP contribution in [-0.4, -0.2) is 11.0 Å². The number of amides is 1. The maximum absolute atomic E-state index is 12.7. The summed E-state index contributed by atoms with van der Waals surface area (Å²) in [6.45, 7) is 3.31. The normalized spacial score (nSPS) is 12.1. The predicted octanol–water partition coefficient (Wildman–Crippen LogP) is 0.901. The van der Waals surface area contributed by atoms with E-state index in [0.29, 0.717) is 0 Å². The molecule has 0 aromatic heterocycles. The van der Waals surface area contributed by atoms with Gasteiger partial charge in [-0.3, -0.25) is 4.79 Å². The number of rotatable bonds is 3. The Morgan fingerprint density at radius 3 is 2.71 bits per heavy atom. The molecule has 0 saturated carbocycles. The molecule has 1 amide bonds. The molecule has 1 unspecified atom stereocenters. The summed E-state index contributed by atoms with van der Waals surface area (Å²) >= 11 is 0. The molecular formula is C10H10FNO2. The highest BCUT2D eigenvalue weighted by Gasteiger charge is 2.15. The second-order valence-corrected chi connectivity index (χ2v) is 2.85. The lowest BCUT2D eigenvalue weighted by Crippen LogP contribution is -2.18. The number of hydrogen-bond donors (Lipinski definition) is 2. The summed E-state index contributed by atoms with van der Waals surface area (Å²) in [7, 11) is 0. The lowest BCUT2D eigenvalue weighted by atomic mass is 10.0. The fourth-order valence-electron chi connectivity index (χ4n) is 1.01. The van der Waals surface area contributed by atoms with E-state index in [1.165, 1.54) is 18.2 Å². The van der Waals surface area contributed by atoms with Gasteiger partial charge in [0.2, 0.25) is 5.91 Å². The van der Waals surface area contributed by atoms with Crippen LogP contribution in [0.2, 0.25) is 0 Å². The molecule has 0 fully saturated rings. The Morgan fingerprint density at radius 1 is 1.57 bits per heavy atom. The average molecular weight is 195 g/mol. The van der Waals surface area contributed by atoms with E-state index in [1.807, 2.05) is 0 Å². The van der Waals surface area contributed by atoms with Crippen molar-refractivity contribution in [1.82, 2.24) is 0 Å². The van der Waals surface area contributed by atoms with E-state index in [4.69, 9.17) is 5.73 Å². The van der Waals surface area contributed by atoms with Gasteiger partial charge in [0.1, 0.15) is 11.9 Å². The van der Waals surface area contributed by atoms with Crippen LogP contribution in [-0.2, 0) is 4.79 Å². The Bertz CT molecular complexity index is 376. The minimum atomic E-state index is -1.25. The molecule has 0 radical (unpaired) electrons. The molecular weight excluding hydrogens is 185 g/mol. The van der Waals surface area contributed by atoms with Crippen molar-refractivity contribution in [2.24, 2.45) is 5.73 Å². The summed E-state index contributed by atoms with van der Waals surface area (Å²) in [5.41, 5.74) is 5.02. The van der Waals surface area contributed by atoms with Crippen molar-refractivity contribution < 1.29 is 14.3 Å². The van der Waals surface area contributed by atoms with Crippen LogP contribution in [0.1, 0.15) is 11.7 Å². The van der Waals surface area contributed by atoms with Gasteiger partial charge in [0.15, 0.2) is 0 Å². The van der Waals surface area contributed by atoms with Crippen LogP contribution >= 0.6 is 0 Å². The maximum Gasteiger partial charge on any atom is 0.247 e. The Labute approximate surface area is 80.7 Å². The van der Waals surface area contributed by atoms with E-state index in [0.717, 1.165) is 6.07 Å². The van der Waals surface area contributed by atoms with Gasteiger partial charge in [-0.15, -0.1) is 0 Å². The lowest BCUT2D eigenvalue weighted by Gasteiger charge is -2.10. The molecule has 3 N–H and O–H groups in total. The molecule has 3 nitrogen and oxygen atoms in total. The highest BCUT2D eigenvalue weighted by Crippen LogP contribution is 2.20. The van der Waals surface area contributed by atoms with Crippen molar-refractivity contribution in [2.45, 2.75) is 6.10 Å². The van der Waals surface area contributed by atoms with Gasteiger partial charge in [0, 0.05) is 5.57 Å². The summed E-state index contributed by atoms with van der Waals surface area (Å²) in [5, 5.41) is 9.52. The van der Waals surface area contributed by atoms with Crippen LogP contribution in [0.3, 0.4) is 0 Å². The minimum Gasteiger partial charge on any atom is -0.383 e. The SMILES string of the molecule is C=C(C(N)=O)C(O)c1cccc(F)c1. The number of halogens is 1. The number of benzene rings is 1. The highest BCUT2D eigenvalue weighted by molar-refractivity contribution is 5.92. The molecule has 0 heterocycles. The monoisotopic (exact) mass is 195 g/mol. The molecule has 4 heteroatoms. The van der Waals surface area contributed by atoms with Crippen molar-refractivity contribution in [3.63, 3.8) is 0 Å². The van der Waals surface area contributed by atoms with Gasteiger partial charge < -0.3 is 10.8 Å². The first-order chi connectivity index (χ1) is 6.52. The Morgan fingerprint density at radius 2 is 2.21 bits per heavy atom. The molecule has 0 aliphatic rings. The lowest BCUT2D eigenvalue weighted by molar-refractivity contribution is -0.115. The van der Waals surface area contributed by atoms with Crippen LogP contribution in [0.25, 0.3) is 0 Å². The molecule has 1 aromatic rings. The molecule has 14 heavy (non-hydrogen) atoms. The van der Waals surface area contributed by atoms with Gasteiger partial charge in [-0.05, 0) is 17.7 Å². The zero-order chi connectivity index (χ0) is 10.7. The van der Waals surface area contributed by atoms with Gasteiger partial charge in [0.25, 0.3) is 0 Å². The van der Waals surface area contributed by atoms with Crippen LogP contribution in [0.5, 0.6) is 0 Å². The molecule has 0 aliphatic carbocycles. The number of carbonyl (C=O) groups is 1. The van der Waals surface area contributed by atoms with Crippen molar-refractivity contribution in [3.8, 4) is 0 Å².